The Kier molecular flexibility index (Phi) is 3.24. The molecule has 0 saturated carbocycles. The van der Waals surface area contributed by atoms with E-state index < -0.39 is 19.1 Å². The van der Waals surface area contributed by atoms with Crippen LogP contribution in [-0.4, -0.2) is 38.3 Å². The van der Waals surface area contributed by atoms with Gasteiger partial charge < -0.3 is 19.6 Å². The fourth-order valence-corrected chi connectivity index (χ4v) is 5.38. The van der Waals surface area contributed by atoms with Gasteiger partial charge in [0.05, 0.1) is 23.0 Å². The molecule has 2 aromatic heterocycles. The van der Waals surface area contributed by atoms with Crippen molar-refractivity contribution in [3.05, 3.63) is 18.6 Å². The van der Waals surface area contributed by atoms with Crippen molar-refractivity contribution >= 4 is 36.5 Å². The molecule has 22 heavy (non-hydrogen) atoms. The van der Waals surface area contributed by atoms with E-state index in [-0.39, 0.29) is 12.0 Å². The number of hydrogen-bond acceptors (Lipinski definition) is 6. The Morgan fingerprint density at radius 2 is 2.36 bits per heavy atom. The van der Waals surface area contributed by atoms with Gasteiger partial charge in [0.25, 0.3) is 0 Å². The molecule has 2 N–H and O–H groups in total. The van der Waals surface area contributed by atoms with Crippen LogP contribution in [0.15, 0.2) is 18.6 Å². The lowest BCUT2D eigenvalue weighted by molar-refractivity contribution is -0.0289. The summed E-state index contributed by atoms with van der Waals surface area (Å²) in [6.45, 7) is 2.23. The summed E-state index contributed by atoms with van der Waals surface area (Å²) in [5.41, 5.74) is 6.55. The normalized spacial score (nSPS) is 38.3. The summed E-state index contributed by atoms with van der Waals surface area (Å²) in [7, 11) is -2.03. The topological polar surface area (TPSA) is 92.3 Å². The monoisotopic (exact) mass is 342 g/mol. The Bertz CT molecular complexity index is 765. The molecule has 2 aliphatic rings. The van der Waals surface area contributed by atoms with Gasteiger partial charge in [-0.3, -0.25) is 4.57 Å². The van der Waals surface area contributed by atoms with E-state index in [1.807, 2.05) is 23.8 Å². The number of halogens is 1. The highest BCUT2D eigenvalue weighted by molar-refractivity contribution is 7.39. The van der Waals surface area contributed by atoms with Crippen LogP contribution in [0.4, 0.5) is 5.82 Å². The van der Waals surface area contributed by atoms with Crippen LogP contribution >= 0.6 is 19.6 Å². The van der Waals surface area contributed by atoms with Crippen LogP contribution in [0.25, 0.3) is 11.0 Å². The Hall–Kier alpha value is -1.14. The van der Waals surface area contributed by atoms with Crippen molar-refractivity contribution in [3.8, 4) is 0 Å². The van der Waals surface area contributed by atoms with E-state index in [0.717, 1.165) is 5.39 Å². The second-order valence-corrected chi connectivity index (χ2v) is 8.15. The molecule has 4 rings (SSSR count). The molecule has 7 nitrogen and oxygen atoms in total. The van der Waals surface area contributed by atoms with Crippen molar-refractivity contribution in [2.75, 3.05) is 18.5 Å². The third kappa shape index (κ3) is 2.00. The molecule has 118 valence electrons. The molecule has 2 aromatic rings. The molecule has 5 atom stereocenters. The lowest BCUT2D eigenvalue weighted by Crippen LogP contribution is -2.38. The van der Waals surface area contributed by atoms with Crippen molar-refractivity contribution in [1.82, 2.24) is 14.5 Å². The zero-order valence-corrected chi connectivity index (χ0v) is 13.7. The minimum Gasteiger partial charge on any atom is -0.383 e. The lowest BCUT2D eigenvalue weighted by atomic mass is 9.91. The van der Waals surface area contributed by atoms with Gasteiger partial charge in [0.15, 0.2) is 14.3 Å². The molecule has 0 aliphatic carbocycles. The Morgan fingerprint density at radius 3 is 3.18 bits per heavy atom. The number of aromatic nitrogens is 3. The van der Waals surface area contributed by atoms with Crippen molar-refractivity contribution in [2.24, 2.45) is 5.92 Å². The van der Waals surface area contributed by atoms with E-state index in [2.05, 4.69) is 9.97 Å². The second kappa shape index (κ2) is 4.93. The predicted molar refractivity (Wildman–Crippen MR) is 83.4 cm³/mol. The van der Waals surface area contributed by atoms with Crippen molar-refractivity contribution in [1.29, 1.82) is 0 Å². The summed E-state index contributed by atoms with van der Waals surface area (Å²) in [4.78, 5) is 7.59. The molecule has 9 heteroatoms. The number of alkyl halides is 1. The second-order valence-electron chi connectivity index (χ2n) is 5.89. The summed E-state index contributed by atoms with van der Waals surface area (Å²) in [5.74, 6) is 0.403. The van der Waals surface area contributed by atoms with Gasteiger partial charge in [0.1, 0.15) is 17.8 Å². The van der Waals surface area contributed by atoms with E-state index in [9.17, 15) is 4.57 Å². The fraction of sp³-hybridized carbons (Fsp3) is 0.538. The zero-order chi connectivity index (χ0) is 15.5. The summed E-state index contributed by atoms with van der Waals surface area (Å²) in [6, 6.07) is 1.85. The predicted octanol–water partition coefficient (Wildman–Crippen LogP) is 2.03. The number of nitrogen functional groups attached to an aromatic ring is 1. The minimum atomic E-state index is -2.03. The first kappa shape index (κ1) is 14.5. The minimum absolute atomic E-state index is 0.0176. The molecule has 0 aromatic carbocycles. The van der Waals surface area contributed by atoms with E-state index in [0.29, 0.717) is 24.2 Å². The number of fused-ring (bicyclic) bond motifs is 2. The maximum atomic E-state index is 11.7. The first-order valence-corrected chi connectivity index (χ1v) is 8.95. The molecule has 1 unspecified atom stereocenters. The van der Waals surface area contributed by atoms with Crippen LogP contribution in [0.1, 0.15) is 13.2 Å². The molecule has 0 amide bonds. The molecule has 4 heterocycles. The molecular formula is C13H16ClN4O3P. The van der Waals surface area contributed by atoms with Gasteiger partial charge in [0, 0.05) is 18.3 Å². The van der Waals surface area contributed by atoms with E-state index in [4.69, 9.17) is 26.6 Å². The summed E-state index contributed by atoms with van der Waals surface area (Å²) >= 11 is 6.81. The molecule has 0 bridgehead atoms. The third-order valence-electron chi connectivity index (χ3n) is 4.55. The molecule has 2 saturated heterocycles. The van der Waals surface area contributed by atoms with Gasteiger partial charge in [-0.15, -0.1) is 11.6 Å². The van der Waals surface area contributed by atoms with Crippen molar-refractivity contribution in [3.63, 3.8) is 0 Å². The zero-order valence-electron chi connectivity index (χ0n) is 11.9. The molecule has 0 spiro atoms. The number of rotatable bonds is 1. The molecule has 2 fully saturated rings. The Morgan fingerprint density at radius 1 is 1.55 bits per heavy atom. The number of nitrogens with zero attached hydrogens (tertiary/aromatic N) is 3. The van der Waals surface area contributed by atoms with Gasteiger partial charge in [0.2, 0.25) is 0 Å². The third-order valence-corrected chi connectivity index (χ3v) is 6.28. The van der Waals surface area contributed by atoms with Crippen molar-refractivity contribution in [2.45, 2.75) is 24.1 Å². The average Bonchev–Trinajstić information content (AvgIpc) is 3.00. The van der Waals surface area contributed by atoms with Gasteiger partial charge in [-0.05, 0) is 13.0 Å². The van der Waals surface area contributed by atoms with Crippen LogP contribution in [0.3, 0.4) is 0 Å². The van der Waals surface area contributed by atoms with Crippen LogP contribution < -0.4 is 5.73 Å². The molecular weight excluding hydrogens is 327 g/mol. The van der Waals surface area contributed by atoms with Crippen LogP contribution in [0.5, 0.6) is 0 Å². The number of hydrogen-bond donors (Lipinski definition) is 1. The van der Waals surface area contributed by atoms with Crippen LogP contribution in [0.2, 0.25) is 0 Å². The van der Waals surface area contributed by atoms with Gasteiger partial charge in [-0.2, -0.15) is 0 Å². The quantitative estimate of drug-likeness (QED) is 0.629. The molecule has 2 aliphatic heterocycles. The Balaban J connectivity index is 1.78. The summed E-state index contributed by atoms with van der Waals surface area (Å²) in [6.07, 6.45) is 3.13. The summed E-state index contributed by atoms with van der Waals surface area (Å²) in [5, 5.41) is 0.762. The van der Waals surface area contributed by atoms with Gasteiger partial charge in [-0.1, -0.05) is 0 Å². The highest BCUT2D eigenvalue weighted by Gasteiger charge is 2.55. The SMILES string of the molecule is C[C@@]1(Cl)[C@@H]2C[PH](=O)OC[C@H]2O[C@H]1n1ccc2c(N)ncnc21. The van der Waals surface area contributed by atoms with Crippen LogP contribution in [-0.2, 0) is 13.8 Å². The van der Waals surface area contributed by atoms with Gasteiger partial charge >= 0.3 is 0 Å². The summed E-state index contributed by atoms with van der Waals surface area (Å²) < 4.78 is 25.0. The van der Waals surface area contributed by atoms with E-state index in [1.54, 1.807) is 0 Å². The largest absolute Gasteiger partial charge is 0.383 e. The fourth-order valence-electron chi connectivity index (χ4n) is 3.36. The standard InChI is InChI=1S/C13H16ClN4O3P/c1-13(14)8-5-22(19)20-4-9(8)21-12(13)18-3-2-7-10(15)16-6-17-11(7)18/h2-3,6,8-9,12,22H,4-5H2,1H3,(H2,15,16,17)/t8-,9-,12-,13-/m1/s1. The maximum Gasteiger partial charge on any atom is 0.192 e. The lowest BCUT2D eigenvalue weighted by Gasteiger charge is -2.31. The van der Waals surface area contributed by atoms with Crippen molar-refractivity contribution < 1.29 is 13.8 Å². The average molecular weight is 343 g/mol. The first-order chi connectivity index (χ1) is 10.5. The number of ether oxygens (including phenoxy) is 1. The van der Waals surface area contributed by atoms with E-state index in [1.165, 1.54) is 6.33 Å². The highest BCUT2D eigenvalue weighted by atomic mass is 35.5. The number of nitrogens with two attached hydrogens (primary N) is 1. The van der Waals surface area contributed by atoms with E-state index >= 15 is 0 Å². The number of anilines is 1. The highest BCUT2D eigenvalue weighted by Crippen LogP contribution is 2.53. The smallest absolute Gasteiger partial charge is 0.192 e. The first-order valence-electron chi connectivity index (χ1n) is 7.05. The molecule has 0 radical (unpaired) electrons. The maximum absolute atomic E-state index is 11.7. The van der Waals surface area contributed by atoms with Gasteiger partial charge in [-0.25, -0.2) is 9.97 Å². The van der Waals surface area contributed by atoms with Crippen LogP contribution in [0, 0.1) is 5.92 Å². The Labute approximate surface area is 132 Å².